The zero-order chi connectivity index (χ0) is 18.8. The molecule has 1 N–H and O–H groups in total. The van der Waals surface area contributed by atoms with Gasteiger partial charge >= 0.3 is 0 Å². The van der Waals surface area contributed by atoms with Crippen molar-refractivity contribution in [3.8, 4) is 0 Å². The van der Waals surface area contributed by atoms with Gasteiger partial charge in [0.1, 0.15) is 0 Å². The van der Waals surface area contributed by atoms with Gasteiger partial charge in [-0.25, -0.2) is 0 Å². The van der Waals surface area contributed by atoms with E-state index in [9.17, 15) is 9.59 Å². The van der Waals surface area contributed by atoms with Crippen LogP contribution in [0.4, 0.5) is 5.69 Å². The van der Waals surface area contributed by atoms with E-state index < -0.39 is 0 Å². The van der Waals surface area contributed by atoms with Gasteiger partial charge in [-0.05, 0) is 35.9 Å². The Morgan fingerprint density at radius 3 is 2.59 bits per heavy atom. The summed E-state index contributed by atoms with van der Waals surface area (Å²) >= 11 is 0. The van der Waals surface area contributed by atoms with Gasteiger partial charge in [-0.1, -0.05) is 54.1 Å². The molecule has 1 heterocycles. The minimum Gasteiger partial charge on any atom is -0.352 e. The molecule has 0 aliphatic carbocycles. The van der Waals surface area contributed by atoms with Gasteiger partial charge in [0.15, 0.2) is 0 Å². The summed E-state index contributed by atoms with van der Waals surface area (Å²) in [6, 6.07) is 21.6. The molecule has 3 aromatic carbocycles. The van der Waals surface area contributed by atoms with E-state index in [2.05, 4.69) is 5.32 Å². The fraction of sp³-hybridized carbons (Fsp3) is 0.217. The van der Waals surface area contributed by atoms with E-state index in [-0.39, 0.29) is 17.7 Å². The zero-order valence-corrected chi connectivity index (χ0v) is 15.3. The number of anilines is 1. The summed E-state index contributed by atoms with van der Waals surface area (Å²) in [5.74, 6) is 0.147. The van der Waals surface area contributed by atoms with Crippen LogP contribution in [0, 0.1) is 12.8 Å². The van der Waals surface area contributed by atoms with Gasteiger partial charge in [0.05, 0.1) is 0 Å². The molecule has 1 atom stereocenters. The molecule has 1 aliphatic rings. The maximum absolute atomic E-state index is 12.7. The predicted octanol–water partition coefficient (Wildman–Crippen LogP) is 3.93. The van der Waals surface area contributed by atoms with Crippen LogP contribution in [0.2, 0.25) is 0 Å². The largest absolute Gasteiger partial charge is 0.352 e. The molecule has 1 saturated heterocycles. The van der Waals surface area contributed by atoms with Crippen molar-refractivity contribution in [2.45, 2.75) is 13.3 Å². The Labute approximate surface area is 158 Å². The lowest BCUT2D eigenvalue weighted by Gasteiger charge is -2.17. The Morgan fingerprint density at radius 1 is 1.04 bits per heavy atom. The predicted molar refractivity (Wildman–Crippen MR) is 108 cm³/mol. The smallest absolute Gasteiger partial charge is 0.251 e. The number of hydrogen-bond donors (Lipinski definition) is 1. The molecule has 0 saturated carbocycles. The zero-order valence-electron chi connectivity index (χ0n) is 15.3. The van der Waals surface area contributed by atoms with Gasteiger partial charge in [0, 0.05) is 36.7 Å². The van der Waals surface area contributed by atoms with Crippen molar-refractivity contribution in [2.24, 2.45) is 5.92 Å². The van der Waals surface area contributed by atoms with Crippen molar-refractivity contribution in [3.63, 3.8) is 0 Å². The molecule has 4 heteroatoms. The second kappa shape index (κ2) is 7.23. The maximum Gasteiger partial charge on any atom is 0.251 e. The Kier molecular flexibility index (Phi) is 4.63. The molecule has 0 bridgehead atoms. The Bertz CT molecular complexity index is 989. The summed E-state index contributed by atoms with van der Waals surface area (Å²) in [5, 5.41) is 5.01. The van der Waals surface area contributed by atoms with Gasteiger partial charge in [-0.3, -0.25) is 9.59 Å². The number of nitrogens with one attached hydrogen (secondary N) is 1. The highest BCUT2D eigenvalue weighted by Gasteiger charge is 2.30. The van der Waals surface area contributed by atoms with Gasteiger partial charge < -0.3 is 10.2 Å². The Hall–Kier alpha value is -3.14. The summed E-state index contributed by atoms with van der Waals surface area (Å²) < 4.78 is 0. The van der Waals surface area contributed by atoms with E-state index in [4.69, 9.17) is 0 Å². The quantitative estimate of drug-likeness (QED) is 0.768. The SMILES string of the molecule is Cc1ccc(N2CC(CNC(=O)c3cccc4ccccc34)CC2=O)cc1. The molecule has 0 spiro atoms. The molecule has 136 valence electrons. The van der Waals surface area contributed by atoms with Crippen LogP contribution in [-0.4, -0.2) is 24.9 Å². The molecular weight excluding hydrogens is 336 g/mol. The maximum atomic E-state index is 12.7. The van der Waals surface area contributed by atoms with Gasteiger partial charge in [-0.2, -0.15) is 0 Å². The first-order valence-corrected chi connectivity index (χ1v) is 9.25. The molecule has 4 nitrogen and oxygen atoms in total. The van der Waals surface area contributed by atoms with Gasteiger partial charge in [-0.15, -0.1) is 0 Å². The third-order valence-electron chi connectivity index (χ3n) is 5.14. The monoisotopic (exact) mass is 358 g/mol. The van der Waals surface area contributed by atoms with Crippen molar-refractivity contribution in [1.29, 1.82) is 0 Å². The first-order valence-electron chi connectivity index (χ1n) is 9.25. The molecule has 27 heavy (non-hydrogen) atoms. The Morgan fingerprint density at radius 2 is 1.78 bits per heavy atom. The molecule has 2 amide bonds. The second-order valence-corrected chi connectivity index (χ2v) is 7.15. The normalized spacial score (nSPS) is 16.7. The number of carbonyl (C=O) groups excluding carboxylic acids is 2. The molecule has 0 radical (unpaired) electrons. The first-order chi connectivity index (χ1) is 13.1. The minimum absolute atomic E-state index is 0.0898. The Balaban J connectivity index is 1.42. The van der Waals surface area contributed by atoms with Crippen LogP contribution in [0.15, 0.2) is 66.7 Å². The average Bonchev–Trinajstić information content (AvgIpc) is 3.07. The van der Waals surface area contributed by atoms with Crippen LogP contribution in [0.5, 0.6) is 0 Å². The van der Waals surface area contributed by atoms with E-state index in [1.807, 2.05) is 78.6 Å². The van der Waals surface area contributed by atoms with Crippen LogP contribution in [0.25, 0.3) is 10.8 Å². The average molecular weight is 358 g/mol. The summed E-state index contributed by atoms with van der Waals surface area (Å²) in [6.45, 7) is 3.16. The number of amides is 2. The van der Waals surface area contributed by atoms with Crippen LogP contribution in [-0.2, 0) is 4.79 Å². The number of fused-ring (bicyclic) bond motifs is 1. The lowest BCUT2D eigenvalue weighted by atomic mass is 10.0. The van der Waals surface area contributed by atoms with Crippen molar-refractivity contribution < 1.29 is 9.59 Å². The molecule has 3 aromatic rings. The minimum atomic E-state index is -0.0898. The van der Waals surface area contributed by atoms with Crippen molar-refractivity contribution in [1.82, 2.24) is 5.32 Å². The third-order valence-corrected chi connectivity index (χ3v) is 5.14. The first kappa shape index (κ1) is 17.3. The van der Waals surface area contributed by atoms with Gasteiger partial charge in [0.2, 0.25) is 5.91 Å². The molecule has 1 aliphatic heterocycles. The summed E-state index contributed by atoms with van der Waals surface area (Å²) in [4.78, 5) is 26.9. The van der Waals surface area contributed by atoms with Crippen LogP contribution >= 0.6 is 0 Å². The summed E-state index contributed by atoms with van der Waals surface area (Å²) in [5.41, 5.74) is 2.77. The van der Waals surface area contributed by atoms with Crippen LogP contribution < -0.4 is 10.2 Å². The molecule has 1 unspecified atom stereocenters. The van der Waals surface area contributed by atoms with Gasteiger partial charge in [0.25, 0.3) is 5.91 Å². The van der Waals surface area contributed by atoms with E-state index >= 15 is 0 Å². The van der Waals surface area contributed by atoms with Crippen LogP contribution in [0.1, 0.15) is 22.3 Å². The van der Waals surface area contributed by atoms with E-state index in [0.717, 1.165) is 16.5 Å². The number of rotatable bonds is 4. The van der Waals surface area contributed by atoms with Crippen molar-refractivity contribution >= 4 is 28.3 Å². The van der Waals surface area contributed by atoms with E-state index in [1.54, 1.807) is 0 Å². The summed E-state index contributed by atoms with van der Waals surface area (Å²) in [6.07, 6.45) is 0.462. The highest BCUT2D eigenvalue weighted by Crippen LogP contribution is 2.25. The summed E-state index contributed by atoms with van der Waals surface area (Å²) in [7, 11) is 0. The van der Waals surface area contributed by atoms with Crippen LogP contribution in [0.3, 0.4) is 0 Å². The molecule has 4 rings (SSSR count). The fourth-order valence-corrected chi connectivity index (χ4v) is 3.65. The number of carbonyl (C=O) groups is 2. The number of hydrogen-bond acceptors (Lipinski definition) is 2. The molecule has 0 aromatic heterocycles. The number of benzene rings is 3. The van der Waals surface area contributed by atoms with Crippen molar-refractivity contribution in [3.05, 3.63) is 77.9 Å². The molecule has 1 fully saturated rings. The third kappa shape index (κ3) is 3.56. The standard InChI is InChI=1S/C23H22N2O2/c1-16-9-11-19(12-10-16)25-15-17(13-22(25)26)14-24-23(27)21-8-4-6-18-5-2-3-7-20(18)21/h2-12,17H,13-15H2,1H3,(H,24,27). The van der Waals surface area contributed by atoms with Crippen molar-refractivity contribution in [2.75, 3.05) is 18.0 Å². The molecular formula is C23H22N2O2. The second-order valence-electron chi connectivity index (χ2n) is 7.15. The fourth-order valence-electron chi connectivity index (χ4n) is 3.65. The lowest BCUT2D eigenvalue weighted by Crippen LogP contribution is -2.31. The highest BCUT2D eigenvalue weighted by atomic mass is 16.2. The lowest BCUT2D eigenvalue weighted by molar-refractivity contribution is -0.117. The number of nitrogens with zero attached hydrogens (tertiary/aromatic N) is 1. The van der Waals surface area contributed by atoms with E-state index in [1.165, 1.54) is 5.56 Å². The van der Waals surface area contributed by atoms with E-state index in [0.29, 0.717) is 25.1 Å². The highest BCUT2D eigenvalue weighted by molar-refractivity contribution is 6.07. The number of aryl methyl sites for hydroxylation is 1. The topological polar surface area (TPSA) is 49.4 Å².